The molecule has 0 saturated carbocycles. The third-order valence-corrected chi connectivity index (χ3v) is 4.71. The fraction of sp³-hybridized carbons (Fsp3) is 0.300. The normalized spacial score (nSPS) is 14.9. The van der Waals surface area contributed by atoms with Crippen molar-refractivity contribution in [2.75, 3.05) is 18.4 Å². The SMILES string of the molecule is Cc1cccc(C(=O)N2CCC(C(=O)Nc3ccc(F)c(F)c3F)CC2)c1. The van der Waals surface area contributed by atoms with E-state index in [1.807, 2.05) is 25.1 Å². The van der Waals surface area contributed by atoms with Crippen LogP contribution in [0.25, 0.3) is 0 Å². The van der Waals surface area contributed by atoms with E-state index >= 15 is 0 Å². The van der Waals surface area contributed by atoms with Gasteiger partial charge >= 0.3 is 0 Å². The molecule has 2 amide bonds. The number of amides is 2. The summed E-state index contributed by atoms with van der Waals surface area (Å²) in [6, 6.07) is 9.04. The van der Waals surface area contributed by atoms with E-state index < -0.39 is 35.0 Å². The number of piperidine rings is 1. The van der Waals surface area contributed by atoms with E-state index in [0.29, 0.717) is 31.5 Å². The maximum absolute atomic E-state index is 13.7. The number of nitrogens with one attached hydrogen (secondary N) is 1. The Morgan fingerprint density at radius 2 is 1.74 bits per heavy atom. The number of nitrogens with zero attached hydrogens (tertiary/aromatic N) is 1. The molecule has 0 unspecified atom stereocenters. The fourth-order valence-corrected chi connectivity index (χ4v) is 3.16. The molecule has 1 aliphatic heterocycles. The molecule has 1 fully saturated rings. The lowest BCUT2D eigenvalue weighted by Gasteiger charge is -2.31. The number of halogens is 3. The van der Waals surface area contributed by atoms with Crippen LogP contribution < -0.4 is 5.32 Å². The van der Waals surface area contributed by atoms with Crippen molar-refractivity contribution in [2.45, 2.75) is 19.8 Å². The molecule has 1 saturated heterocycles. The van der Waals surface area contributed by atoms with Gasteiger partial charge in [-0.3, -0.25) is 9.59 Å². The van der Waals surface area contributed by atoms with E-state index in [0.717, 1.165) is 17.7 Å². The maximum Gasteiger partial charge on any atom is 0.253 e. The van der Waals surface area contributed by atoms with Crippen molar-refractivity contribution in [1.82, 2.24) is 4.90 Å². The van der Waals surface area contributed by atoms with Gasteiger partial charge in [0.1, 0.15) is 0 Å². The predicted octanol–water partition coefficient (Wildman–Crippen LogP) is 3.90. The number of rotatable bonds is 3. The molecule has 4 nitrogen and oxygen atoms in total. The molecular weight excluding hydrogens is 357 g/mol. The highest BCUT2D eigenvalue weighted by atomic mass is 19.2. The van der Waals surface area contributed by atoms with Gasteiger partial charge in [-0.2, -0.15) is 0 Å². The standard InChI is InChI=1S/C20H19F3N2O2/c1-12-3-2-4-14(11-12)20(27)25-9-7-13(8-10-25)19(26)24-16-6-5-15(21)17(22)18(16)23/h2-6,11,13H,7-10H2,1H3,(H,24,26). The molecule has 27 heavy (non-hydrogen) atoms. The Morgan fingerprint density at radius 1 is 1.04 bits per heavy atom. The summed E-state index contributed by atoms with van der Waals surface area (Å²) in [4.78, 5) is 26.5. The van der Waals surface area contributed by atoms with Crippen LogP contribution in [0.3, 0.4) is 0 Å². The second-order valence-corrected chi connectivity index (χ2v) is 6.65. The van der Waals surface area contributed by atoms with E-state index in [1.165, 1.54) is 0 Å². The van der Waals surface area contributed by atoms with Gasteiger partial charge in [0.25, 0.3) is 5.91 Å². The number of carbonyl (C=O) groups is 2. The number of likely N-dealkylation sites (tertiary alicyclic amines) is 1. The molecule has 1 N–H and O–H groups in total. The summed E-state index contributed by atoms with van der Waals surface area (Å²) in [7, 11) is 0. The van der Waals surface area contributed by atoms with Crippen LogP contribution >= 0.6 is 0 Å². The Balaban J connectivity index is 1.60. The molecular formula is C20H19F3N2O2. The average Bonchev–Trinajstić information content (AvgIpc) is 2.68. The molecule has 0 aromatic heterocycles. The Morgan fingerprint density at radius 3 is 2.41 bits per heavy atom. The first-order chi connectivity index (χ1) is 12.9. The molecule has 142 valence electrons. The minimum absolute atomic E-state index is 0.0933. The van der Waals surface area contributed by atoms with Gasteiger partial charge in [-0.25, -0.2) is 13.2 Å². The summed E-state index contributed by atoms with van der Waals surface area (Å²) < 4.78 is 39.9. The molecule has 3 rings (SSSR count). The topological polar surface area (TPSA) is 49.4 Å². The van der Waals surface area contributed by atoms with Crippen LogP contribution in [0.4, 0.5) is 18.9 Å². The number of carbonyl (C=O) groups excluding carboxylic acids is 2. The van der Waals surface area contributed by atoms with Crippen LogP contribution in [0.2, 0.25) is 0 Å². The van der Waals surface area contributed by atoms with Crippen LogP contribution in [0, 0.1) is 30.3 Å². The Bertz CT molecular complexity index is 878. The quantitative estimate of drug-likeness (QED) is 0.826. The zero-order chi connectivity index (χ0) is 19.6. The number of aryl methyl sites for hydroxylation is 1. The van der Waals surface area contributed by atoms with Crippen molar-refractivity contribution in [2.24, 2.45) is 5.92 Å². The first-order valence-corrected chi connectivity index (χ1v) is 8.67. The molecule has 0 radical (unpaired) electrons. The van der Waals surface area contributed by atoms with Gasteiger partial charge in [0.15, 0.2) is 17.5 Å². The summed E-state index contributed by atoms with van der Waals surface area (Å²) in [5.41, 5.74) is 1.20. The van der Waals surface area contributed by atoms with Crippen LogP contribution in [0.15, 0.2) is 36.4 Å². The highest BCUT2D eigenvalue weighted by molar-refractivity contribution is 5.95. The average molecular weight is 376 g/mol. The molecule has 0 atom stereocenters. The highest BCUT2D eigenvalue weighted by Crippen LogP contribution is 2.24. The maximum atomic E-state index is 13.7. The monoisotopic (exact) mass is 376 g/mol. The Hall–Kier alpha value is -2.83. The molecule has 0 spiro atoms. The predicted molar refractivity (Wildman–Crippen MR) is 94.8 cm³/mol. The van der Waals surface area contributed by atoms with Crippen molar-refractivity contribution >= 4 is 17.5 Å². The Labute approximate surface area is 155 Å². The van der Waals surface area contributed by atoms with Crippen LogP contribution in [-0.4, -0.2) is 29.8 Å². The van der Waals surface area contributed by atoms with Gasteiger partial charge in [0, 0.05) is 24.6 Å². The second-order valence-electron chi connectivity index (χ2n) is 6.65. The summed E-state index contributed by atoms with van der Waals surface area (Å²) in [6.07, 6.45) is 0.823. The van der Waals surface area contributed by atoms with E-state index in [4.69, 9.17) is 0 Å². The summed E-state index contributed by atoms with van der Waals surface area (Å²) >= 11 is 0. The molecule has 2 aromatic carbocycles. The van der Waals surface area contributed by atoms with E-state index in [9.17, 15) is 22.8 Å². The third kappa shape index (κ3) is 4.13. The van der Waals surface area contributed by atoms with Gasteiger partial charge in [-0.15, -0.1) is 0 Å². The van der Waals surface area contributed by atoms with Crippen molar-refractivity contribution in [3.8, 4) is 0 Å². The van der Waals surface area contributed by atoms with Gasteiger partial charge < -0.3 is 10.2 Å². The largest absolute Gasteiger partial charge is 0.339 e. The van der Waals surface area contributed by atoms with Gasteiger partial charge in [0.2, 0.25) is 5.91 Å². The Kier molecular flexibility index (Phi) is 5.48. The molecule has 0 bridgehead atoms. The van der Waals surface area contributed by atoms with Crippen molar-refractivity contribution in [1.29, 1.82) is 0 Å². The van der Waals surface area contributed by atoms with Gasteiger partial charge in [-0.1, -0.05) is 17.7 Å². The fourth-order valence-electron chi connectivity index (χ4n) is 3.16. The highest BCUT2D eigenvalue weighted by Gasteiger charge is 2.28. The summed E-state index contributed by atoms with van der Waals surface area (Å²) in [6.45, 7) is 2.70. The molecule has 1 aliphatic rings. The van der Waals surface area contributed by atoms with Crippen LogP contribution in [-0.2, 0) is 4.79 Å². The van der Waals surface area contributed by atoms with Crippen molar-refractivity contribution < 1.29 is 22.8 Å². The molecule has 2 aromatic rings. The molecule has 1 heterocycles. The molecule has 7 heteroatoms. The smallest absolute Gasteiger partial charge is 0.253 e. The van der Waals surface area contributed by atoms with Crippen LogP contribution in [0.5, 0.6) is 0 Å². The van der Waals surface area contributed by atoms with E-state index in [2.05, 4.69) is 5.32 Å². The lowest BCUT2D eigenvalue weighted by molar-refractivity contribution is -0.121. The van der Waals surface area contributed by atoms with Crippen molar-refractivity contribution in [3.63, 3.8) is 0 Å². The number of benzene rings is 2. The lowest BCUT2D eigenvalue weighted by atomic mass is 9.95. The minimum Gasteiger partial charge on any atom is -0.339 e. The molecule has 0 aliphatic carbocycles. The van der Waals surface area contributed by atoms with E-state index in [1.54, 1.807) is 11.0 Å². The second kappa shape index (κ2) is 7.82. The number of hydrogen-bond acceptors (Lipinski definition) is 2. The van der Waals surface area contributed by atoms with Crippen LogP contribution in [0.1, 0.15) is 28.8 Å². The summed E-state index contributed by atoms with van der Waals surface area (Å²) in [5, 5.41) is 2.31. The zero-order valence-electron chi connectivity index (χ0n) is 14.8. The zero-order valence-corrected chi connectivity index (χ0v) is 14.8. The van der Waals surface area contributed by atoms with Gasteiger partial charge in [0.05, 0.1) is 5.69 Å². The number of hydrogen-bond donors (Lipinski definition) is 1. The van der Waals surface area contributed by atoms with Crippen molar-refractivity contribution in [3.05, 3.63) is 65.0 Å². The third-order valence-electron chi connectivity index (χ3n) is 4.71. The first-order valence-electron chi connectivity index (χ1n) is 8.67. The minimum atomic E-state index is -1.62. The first kappa shape index (κ1) is 18.9. The van der Waals surface area contributed by atoms with Gasteiger partial charge in [-0.05, 0) is 44.0 Å². The van der Waals surface area contributed by atoms with E-state index in [-0.39, 0.29) is 5.91 Å². The lowest BCUT2D eigenvalue weighted by Crippen LogP contribution is -2.41. The summed E-state index contributed by atoms with van der Waals surface area (Å²) in [5.74, 6) is -5.35. The number of anilines is 1.